The number of likely N-dealkylation sites (tertiary alicyclic amines) is 2. The predicted octanol–water partition coefficient (Wildman–Crippen LogP) is 7.57. The minimum atomic E-state index is -0.687. The summed E-state index contributed by atoms with van der Waals surface area (Å²) in [4.78, 5) is 71.6. The van der Waals surface area contributed by atoms with Crippen LogP contribution >= 0.6 is 0 Å². The first kappa shape index (κ1) is 41.5. The molecule has 4 heterocycles. The Labute approximate surface area is 345 Å². The highest BCUT2D eigenvalue weighted by Gasteiger charge is 2.39. The number of ether oxygens (including phenoxy) is 2. The Morgan fingerprint density at radius 3 is 1.83 bits per heavy atom. The Bertz CT molecular complexity index is 2230. The number of nitrogens with zero attached hydrogens (tertiary/aromatic N) is 4. The molecule has 1 aliphatic carbocycles. The molecule has 1 unspecified atom stereocenters. The molecule has 0 spiro atoms. The maximum absolute atomic E-state index is 13.7. The number of hydrogen-bond donors (Lipinski definition) is 4. The van der Waals surface area contributed by atoms with Crippen LogP contribution in [0, 0.1) is 11.8 Å². The van der Waals surface area contributed by atoms with E-state index in [9.17, 15) is 19.2 Å². The van der Waals surface area contributed by atoms with Crippen LogP contribution in [0.3, 0.4) is 0 Å². The molecular formula is C45H58N8O6. The molecule has 59 heavy (non-hydrogen) atoms. The number of rotatable bonds is 11. The second kappa shape index (κ2) is 17.3. The average Bonchev–Trinajstić information content (AvgIpc) is 4.08. The van der Waals surface area contributed by atoms with Crippen molar-refractivity contribution in [3.63, 3.8) is 0 Å². The zero-order chi connectivity index (χ0) is 42.0. The van der Waals surface area contributed by atoms with Crippen molar-refractivity contribution in [1.82, 2.24) is 40.4 Å². The summed E-state index contributed by atoms with van der Waals surface area (Å²) in [5.41, 5.74) is 5.35. The molecule has 14 nitrogen and oxygen atoms in total. The van der Waals surface area contributed by atoms with E-state index in [2.05, 4.69) is 70.0 Å². The van der Waals surface area contributed by atoms with Crippen molar-refractivity contribution >= 4 is 40.3 Å². The van der Waals surface area contributed by atoms with Gasteiger partial charge in [0, 0.05) is 18.7 Å². The fraction of sp³-hybridized carbons (Fsp3) is 0.511. The first-order valence-electron chi connectivity index (χ1n) is 20.9. The van der Waals surface area contributed by atoms with Crippen molar-refractivity contribution in [3.05, 3.63) is 77.8 Å². The summed E-state index contributed by atoms with van der Waals surface area (Å²) < 4.78 is 9.57. The van der Waals surface area contributed by atoms with E-state index < -0.39 is 24.3 Å². The van der Waals surface area contributed by atoms with Crippen molar-refractivity contribution in [2.45, 2.75) is 109 Å². The summed E-state index contributed by atoms with van der Waals surface area (Å²) in [6.07, 6.45) is 10.9. The topological polar surface area (TPSA) is 175 Å². The smallest absolute Gasteiger partial charge is 0.407 e. The Hall–Kier alpha value is -5.66. The molecule has 0 saturated carbocycles. The van der Waals surface area contributed by atoms with Gasteiger partial charge in [0.2, 0.25) is 11.8 Å². The summed E-state index contributed by atoms with van der Waals surface area (Å²) in [5, 5.41) is 7.74. The van der Waals surface area contributed by atoms with E-state index in [1.54, 1.807) is 0 Å². The lowest BCUT2D eigenvalue weighted by Gasteiger charge is -2.33. The minimum absolute atomic E-state index is 0.0556. The zero-order valence-corrected chi connectivity index (χ0v) is 35.3. The molecule has 7 rings (SSSR count). The van der Waals surface area contributed by atoms with E-state index in [0.29, 0.717) is 13.1 Å². The second-order valence-corrected chi connectivity index (χ2v) is 17.2. The molecular weight excluding hydrogens is 749 g/mol. The largest absolute Gasteiger partial charge is 0.453 e. The van der Waals surface area contributed by atoms with Crippen LogP contribution < -0.4 is 10.6 Å². The van der Waals surface area contributed by atoms with Gasteiger partial charge in [0.25, 0.3) is 0 Å². The van der Waals surface area contributed by atoms with E-state index in [-0.39, 0.29) is 41.1 Å². The number of nitrogens with one attached hydrogen (secondary N) is 4. The van der Waals surface area contributed by atoms with Gasteiger partial charge in [-0.15, -0.1) is 0 Å². The van der Waals surface area contributed by atoms with Gasteiger partial charge in [0.15, 0.2) is 0 Å². The molecule has 2 saturated heterocycles. The Morgan fingerprint density at radius 1 is 0.763 bits per heavy atom. The van der Waals surface area contributed by atoms with Crippen LogP contribution in [-0.4, -0.2) is 93.1 Å². The molecule has 3 aliphatic rings. The zero-order valence-electron chi connectivity index (χ0n) is 35.3. The van der Waals surface area contributed by atoms with Gasteiger partial charge in [0.1, 0.15) is 23.7 Å². The van der Waals surface area contributed by atoms with Crippen LogP contribution in [0.1, 0.15) is 115 Å². The molecule has 4 aromatic rings. The first-order valence-corrected chi connectivity index (χ1v) is 20.9. The average molecular weight is 807 g/mol. The van der Waals surface area contributed by atoms with Crippen LogP contribution in [0.4, 0.5) is 9.59 Å². The molecule has 2 aliphatic heterocycles. The van der Waals surface area contributed by atoms with Crippen LogP contribution in [0.25, 0.3) is 27.6 Å². The van der Waals surface area contributed by atoms with Crippen LogP contribution in [0.15, 0.2) is 54.9 Å². The van der Waals surface area contributed by atoms with Crippen molar-refractivity contribution < 1.29 is 28.7 Å². The summed E-state index contributed by atoms with van der Waals surface area (Å²) in [7, 11) is 2.60. The fourth-order valence-corrected chi connectivity index (χ4v) is 8.97. The summed E-state index contributed by atoms with van der Waals surface area (Å²) in [6.45, 7) is 11.2. The SMILES string of the molecule is COC(=O)N[C@H](C(=O)N1CCC[C@H]1c1ncc(C2=CCC(C)(c3ccc4ccc(-c5cnc([C@@H]6CCCN6C(=O)[C@@H](NC(=O)OC)C(C)C)[nH]5)cc4c3)CC2)[nH]1)C(C)C. The number of methoxy groups -OCH3 is 2. The lowest BCUT2D eigenvalue weighted by Crippen LogP contribution is -2.51. The van der Waals surface area contributed by atoms with Crippen LogP contribution in [0.5, 0.6) is 0 Å². The number of carbonyl (C=O) groups is 4. The predicted molar refractivity (Wildman–Crippen MR) is 225 cm³/mol. The molecule has 0 bridgehead atoms. The van der Waals surface area contributed by atoms with Gasteiger partial charge >= 0.3 is 12.2 Å². The number of allylic oxidation sites excluding steroid dienone is 2. The van der Waals surface area contributed by atoms with E-state index in [4.69, 9.17) is 19.4 Å². The molecule has 0 radical (unpaired) electrons. The monoisotopic (exact) mass is 806 g/mol. The van der Waals surface area contributed by atoms with E-state index in [1.807, 2.05) is 49.9 Å². The van der Waals surface area contributed by atoms with Crippen molar-refractivity contribution in [2.24, 2.45) is 11.8 Å². The highest BCUT2D eigenvalue weighted by atomic mass is 16.5. The van der Waals surface area contributed by atoms with Crippen LogP contribution in [0.2, 0.25) is 0 Å². The van der Waals surface area contributed by atoms with E-state index in [1.165, 1.54) is 25.4 Å². The number of aromatic nitrogens is 4. The van der Waals surface area contributed by atoms with Gasteiger partial charge in [0.05, 0.1) is 50.1 Å². The number of fused-ring (bicyclic) bond motifs is 1. The number of imidazole rings is 2. The number of amides is 4. The number of alkyl carbamates (subject to hydrolysis) is 2. The summed E-state index contributed by atoms with van der Waals surface area (Å²) in [5.74, 6) is 1.07. The van der Waals surface area contributed by atoms with Crippen molar-refractivity contribution in [3.8, 4) is 11.3 Å². The highest BCUT2D eigenvalue weighted by Crippen LogP contribution is 2.42. The molecule has 2 aromatic carbocycles. The first-order chi connectivity index (χ1) is 28.3. The quantitative estimate of drug-likeness (QED) is 0.120. The molecule has 4 N–H and O–H groups in total. The Kier molecular flexibility index (Phi) is 12.2. The van der Waals surface area contributed by atoms with Crippen LogP contribution in [-0.2, 0) is 24.5 Å². The molecule has 2 aromatic heterocycles. The number of carbonyl (C=O) groups excluding carboxylic acids is 4. The van der Waals surface area contributed by atoms with E-state index >= 15 is 0 Å². The third-order valence-electron chi connectivity index (χ3n) is 12.6. The lowest BCUT2D eigenvalue weighted by atomic mass is 9.71. The second-order valence-electron chi connectivity index (χ2n) is 17.2. The molecule has 2 fully saturated rings. The normalized spacial score (nSPS) is 21.7. The van der Waals surface area contributed by atoms with Crippen molar-refractivity contribution in [2.75, 3.05) is 27.3 Å². The molecule has 314 valence electrons. The fourth-order valence-electron chi connectivity index (χ4n) is 8.97. The van der Waals surface area contributed by atoms with E-state index in [0.717, 1.165) is 84.3 Å². The number of H-pyrrole nitrogens is 2. The third-order valence-corrected chi connectivity index (χ3v) is 12.6. The minimum Gasteiger partial charge on any atom is -0.453 e. The van der Waals surface area contributed by atoms with Gasteiger partial charge in [-0.05, 0) is 90.2 Å². The highest BCUT2D eigenvalue weighted by molar-refractivity contribution is 5.89. The Morgan fingerprint density at radius 2 is 1.31 bits per heavy atom. The standard InChI is InChI=1S/C45H58N8O6/c1-26(2)37(50-43(56)58-6)41(54)52-20-8-10-35(52)39-46-24-33(48-39)29-16-18-45(5,19-17-29)32-15-14-28-12-13-30(22-31(28)23-32)34-25-47-40(49-34)36-11-9-21-53(36)42(55)38(27(3)4)51-44(57)59-7/h12-16,22-27,35-38H,8-11,17-21H2,1-7H3,(H,46,48)(H,47,49)(H,50,56)(H,51,57)/t35-,36-,37-,38-,45?/m0/s1. The lowest BCUT2D eigenvalue weighted by molar-refractivity contribution is -0.136. The third kappa shape index (κ3) is 8.58. The summed E-state index contributed by atoms with van der Waals surface area (Å²) >= 11 is 0. The number of hydrogen-bond acceptors (Lipinski definition) is 8. The van der Waals surface area contributed by atoms with Gasteiger partial charge in [-0.25, -0.2) is 19.6 Å². The number of benzene rings is 2. The number of aromatic amines is 2. The van der Waals surface area contributed by atoms with Gasteiger partial charge in [-0.3, -0.25) is 9.59 Å². The van der Waals surface area contributed by atoms with Gasteiger partial charge < -0.3 is 39.9 Å². The summed E-state index contributed by atoms with van der Waals surface area (Å²) in [6, 6.07) is 11.5. The van der Waals surface area contributed by atoms with Crippen molar-refractivity contribution in [1.29, 1.82) is 0 Å². The van der Waals surface area contributed by atoms with Gasteiger partial charge in [-0.1, -0.05) is 71.0 Å². The van der Waals surface area contributed by atoms with Gasteiger partial charge in [-0.2, -0.15) is 0 Å². The molecule has 4 amide bonds. The molecule has 5 atom stereocenters. The maximum Gasteiger partial charge on any atom is 0.407 e. The maximum atomic E-state index is 13.7. The molecule has 14 heteroatoms. The Balaban J connectivity index is 1.04.